The molecule has 0 aliphatic carbocycles. The summed E-state index contributed by atoms with van der Waals surface area (Å²) in [5.74, 6) is -0.378. The number of benzene rings is 1. The molecule has 2 rings (SSSR count). The van der Waals surface area contributed by atoms with Gasteiger partial charge in [0.1, 0.15) is 5.82 Å². The van der Waals surface area contributed by atoms with Crippen LogP contribution < -0.4 is 5.32 Å². The summed E-state index contributed by atoms with van der Waals surface area (Å²) < 4.78 is 18.5. The van der Waals surface area contributed by atoms with Crippen LogP contribution in [0.5, 0.6) is 0 Å². The second-order valence-electron chi connectivity index (χ2n) is 4.33. The molecule has 0 aromatic heterocycles. The first-order chi connectivity index (χ1) is 8.25. The van der Waals surface area contributed by atoms with Crippen molar-refractivity contribution in [1.29, 1.82) is 0 Å². The second-order valence-corrected chi connectivity index (χ2v) is 4.74. The van der Waals surface area contributed by atoms with Crippen LogP contribution >= 0.6 is 11.6 Å². The Morgan fingerprint density at radius 1 is 1.47 bits per heavy atom. The number of ether oxygens (including phenoxy) is 1. The van der Waals surface area contributed by atoms with E-state index in [0.717, 1.165) is 31.7 Å². The third-order valence-corrected chi connectivity index (χ3v) is 3.27. The van der Waals surface area contributed by atoms with Crippen LogP contribution in [0.1, 0.15) is 25.7 Å². The molecular formula is C13H17ClFNO. The zero-order valence-corrected chi connectivity index (χ0v) is 10.5. The van der Waals surface area contributed by atoms with Crippen molar-refractivity contribution in [3.05, 3.63) is 29.0 Å². The Morgan fingerprint density at radius 3 is 3.06 bits per heavy atom. The van der Waals surface area contributed by atoms with Crippen molar-refractivity contribution in [2.24, 2.45) is 0 Å². The zero-order chi connectivity index (χ0) is 12.1. The third-order valence-electron chi connectivity index (χ3n) is 2.98. The fourth-order valence-corrected chi connectivity index (χ4v) is 2.22. The van der Waals surface area contributed by atoms with Gasteiger partial charge in [0.25, 0.3) is 0 Å². The second kappa shape index (κ2) is 6.22. The smallest absolute Gasteiger partial charge is 0.141 e. The largest absolute Gasteiger partial charge is 0.385 e. The van der Waals surface area contributed by atoms with Gasteiger partial charge in [-0.3, -0.25) is 0 Å². The fourth-order valence-electron chi connectivity index (χ4n) is 2.04. The first kappa shape index (κ1) is 12.7. The van der Waals surface area contributed by atoms with Crippen LogP contribution in [0, 0.1) is 5.82 Å². The Labute approximate surface area is 106 Å². The molecule has 4 heteroatoms. The number of rotatable bonds is 5. The van der Waals surface area contributed by atoms with Crippen LogP contribution in [-0.2, 0) is 4.74 Å². The quantitative estimate of drug-likeness (QED) is 0.809. The molecule has 0 bridgehead atoms. The van der Waals surface area contributed by atoms with Gasteiger partial charge in [-0.15, -0.1) is 0 Å². The molecule has 1 aliphatic heterocycles. The lowest BCUT2D eigenvalue weighted by Crippen LogP contribution is -2.09. The maximum atomic E-state index is 12.9. The van der Waals surface area contributed by atoms with Gasteiger partial charge in [-0.25, -0.2) is 4.39 Å². The number of nitrogens with one attached hydrogen (secondary N) is 1. The predicted octanol–water partition coefficient (Wildman–Crippen LogP) is 3.85. The lowest BCUT2D eigenvalue weighted by Gasteiger charge is -2.10. The van der Waals surface area contributed by atoms with E-state index in [0.29, 0.717) is 6.10 Å². The van der Waals surface area contributed by atoms with E-state index in [1.165, 1.54) is 18.9 Å². The summed E-state index contributed by atoms with van der Waals surface area (Å²) in [6, 6.07) is 4.70. The average molecular weight is 258 g/mol. The molecule has 1 aromatic rings. The van der Waals surface area contributed by atoms with Crippen molar-refractivity contribution >= 4 is 17.3 Å². The number of anilines is 1. The Balaban J connectivity index is 1.68. The van der Waals surface area contributed by atoms with Gasteiger partial charge in [0.05, 0.1) is 11.1 Å². The van der Waals surface area contributed by atoms with E-state index in [2.05, 4.69) is 5.32 Å². The normalized spacial score (nSPS) is 19.5. The van der Waals surface area contributed by atoms with E-state index >= 15 is 0 Å². The van der Waals surface area contributed by atoms with Gasteiger partial charge in [0.2, 0.25) is 0 Å². The lowest BCUT2D eigenvalue weighted by molar-refractivity contribution is 0.103. The Morgan fingerprint density at radius 2 is 2.35 bits per heavy atom. The molecule has 2 nitrogen and oxygen atoms in total. The highest BCUT2D eigenvalue weighted by atomic mass is 35.5. The van der Waals surface area contributed by atoms with Gasteiger partial charge in [0, 0.05) is 18.8 Å². The molecule has 1 saturated heterocycles. The summed E-state index contributed by atoms with van der Waals surface area (Å²) in [6.07, 6.45) is 4.95. The van der Waals surface area contributed by atoms with Gasteiger partial charge < -0.3 is 10.1 Å². The van der Waals surface area contributed by atoms with E-state index in [4.69, 9.17) is 16.3 Å². The van der Waals surface area contributed by atoms with E-state index in [1.54, 1.807) is 12.1 Å². The minimum atomic E-state index is -0.378. The van der Waals surface area contributed by atoms with E-state index in [-0.39, 0.29) is 10.8 Å². The third kappa shape index (κ3) is 3.86. The van der Waals surface area contributed by atoms with Crippen molar-refractivity contribution in [3.63, 3.8) is 0 Å². The highest BCUT2D eigenvalue weighted by Gasteiger charge is 2.14. The highest BCUT2D eigenvalue weighted by Crippen LogP contribution is 2.20. The fraction of sp³-hybridized carbons (Fsp3) is 0.538. The first-order valence-electron chi connectivity index (χ1n) is 6.06. The molecule has 0 radical (unpaired) electrons. The lowest BCUT2D eigenvalue weighted by atomic mass is 10.1. The molecule has 0 amide bonds. The number of hydrogen-bond donors (Lipinski definition) is 1. The molecule has 1 aliphatic rings. The van der Waals surface area contributed by atoms with Crippen LogP contribution in [0.25, 0.3) is 0 Å². The molecule has 1 heterocycles. The van der Waals surface area contributed by atoms with Crippen LogP contribution in [0.3, 0.4) is 0 Å². The van der Waals surface area contributed by atoms with Crippen molar-refractivity contribution < 1.29 is 9.13 Å². The summed E-state index contributed by atoms with van der Waals surface area (Å²) in [6.45, 7) is 1.77. The minimum absolute atomic E-state index is 0.161. The molecule has 0 spiro atoms. The van der Waals surface area contributed by atoms with Crippen LogP contribution in [0.15, 0.2) is 18.2 Å². The molecule has 0 saturated carbocycles. The molecule has 1 N–H and O–H groups in total. The molecule has 1 fully saturated rings. The topological polar surface area (TPSA) is 21.3 Å². The van der Waals surface area contributed by atoms with E-state index in [9.17, 15) is 4.39 Å². The number of hydrogen-bond acceptors (Lipinski definition) is 2. The molecule has 1 aromatic carbocycles. The van der Waals surface area contributed by atoms with Crippen LogP contribution in [-0.4, -0.2) is 19.3 Å². The summed E-state index contributed by atoms with van der Waals surface area (Å²) in [5.41, 5.74) is 0.865. The molecule has 94 valence electrons. The monoisotopic (exact) mass is 257 g/mol. The van der Waals surface area contributed by atoms with Gasteiger partial charge in [-0.1, -0.05) is 11.6 Å². The first-order valence-corrected chi connectivity index (χ1v) is 6.44. The number of halogens is 2. The molecule has 1 unspecified atom stereocenters. The minimum Gasteiger partial charge on any atom is -0.385 e. The Kier molecular flexibility index (Phi) is 4.63. The summed E-state index contributed by atoms with van der Waals surface area (Å²) >= 11 is 5.70. The van der Waals surface area contributed by atoms with E-state index in [1.807, 2.05) is 0 Å². The summed E-state index contributed by atoms with van der Waals surface area (Å²) in [7, 11) is 0. The Bertz CT molecular complexity index is 366. The highest BCUT2D eigenvalue weighted by molar-refractivity contribution is 6.31. The van der Waals surface area contributed by atoms with Crippen molar-refractivity contribution in [2.45, 2.75) is 31.8 Å². The maximum absolute atomic E-state index is 12.9. The SMILES string of the molecule is Fc1ccc(NCCCC2CCCO2)cc1Cl. The molecular weight excluding hydrogens is 241 g/mol. The van der Waals surface area contributed by atoms with Gasteiger partial charge >= 0.3 is 0 Å². The van der Waals surface area contributed by atoms with Crippen molar-refractivity contribution in [1.82, 2.24) is 0 Å². The van der Waals surface area contributed by atoms with Crippen molar-refractivity contribution in [3.8, 4) is 0 Å². The molecule has 1 atom stereocenters. The predicted molar refractivity (Wildman–Crippen MR) is 68.1 cm³/mol. The van der Waals surface area contributed by atoms with Gasteiger partial charge in [-0.2, -0.15) is 0 Å². The standard InChI is InChI=1S/C13H17ClFNO/c14-12-9-10(5-6-13(12)15)16-7-1-3-11-4-2-8-17-11/h5-6,9,11,16H,1-4,7-8H2. The van der Waals surface area contributed by atoms with Crippen molar-refractivity contribution in [2.75, 3.05) is 18.5 Å². The maximum Gasteiger partial charge on any atom is 0.141 e. The van der Waals surface area contributed by atoms with Gasteiger partial charge in [0.15, 0.2) is 0 Å². The van der Waals surface area contributed by atoms with E-state index < -0.39 is 0 Å². The summed E-state index contributed by atoms with van der Waals surface area (Å²) in [5, 5.41) is 3.39. The average Bonchev–Trinajstić information content (AvgIpc) is 2.82. The molecule has 17 heavy (non-hydrogen) atoms. The van der Waals surface area contributed by atoms with Crippen LogP contribution in [0.2, 0.25) is 5.02 Å². The van der Waals surface area contributed by atoms with Gasteiger partial charge in [-0.05, 0) is 43.9 Å². The van der Waals surface area contributed by atoms with Crippen LogP contribution in [0.4, 0.5) is 10.1 Å². The summed E-state index contributed by atoms with van der Waals surface area (Å²) in [4.78, 5) is 0. The Hall–Kier alpha value is -0.800. The zero-order valence-electron chi connectivity index (χ0n) is 9.72.